The van der Waals surface area contributed by atoms with Crippen LogP contribution in [0.25, 0.3) is 10.8 Å². The molecule has 146 valence electrons. The zero-order chi connectivity index (χ0) is 18.9. The summed E-state index contributed by atoms with van der Waals surface area (Å²) >= 11 is 0. The second-order valence-electron chi connectivity index (χ2n) is 6.70. The van der Waals surface area contributed by atoms with Gasteiger partial charge in [-0.1, -0.05) is 36.4 Å². The highest BCUT2D eigenvalue weighted by Gasteiger charge is 2.21. The molecule has 0 unspecified atom stereocenters. The summed E-state index contributed by atoms with van der Waals surface area (Å²) in [4.78, 5) is 7.10. The molecule has 5 nitrogen and oxygen atoms in total. The number of likely N-dealkylation sites (tertiary alicyclic amines) is 1. The molecule has 1 N–H and O–H groups in total. The molecule has 0 aromatic heterocycles. The number of nitrogens with zero attached hydrogens (tertiary/aromatic N) is 2. The van der Waals surface area contributed by atoms with Crippen LogP contribution in [0.1, 0.15) is 26.7 Å². The highest BCUT2D eigenvalue weighted by Crippen LogP contribution is 2.25. The Morgan fingerprint density at radius 1 is 1.11 bits per heavy atom. The molecular weight excluding hydrogens is 338 g/mol. The van der Waals surface area contributed by atoms with Crippen LogP contribution in [0, 0.1) is 0 Å². The van der Waals surface area contributed by atoms with Gasteiger partial charge in [0, 0.05) is 31.6 Å². The summed E-state index contributed by atoms with van der Waals surface area (Å²) in [6, 6.07) is 14.5. The molecule has 0 spiro atoms. The lowest BCUT2D eigenvalue weighted by Gasteiger charge is -2.34. The zero-order valence-electron chi connectivity index (χ0n) is 16.5. The lowest BCUT2D eigenvalue weighted by Crippen LogP contribution is -2.47. The Morgan fingerprint density at radius 2 is 1.89 bits per heavy atom. The molecule has 0 amide bonds. The number of guanidine groups is 1. The van der Waals surface area contributed by atoms with E-state index < -0.39 is 0 Å². The molecule has 1 aliphatic heterocycles. The van der Waals surface area contributed by atoms with Gasteiger partial charge in [0.25, 0.3) is 0 Å². The van der Waals surface area contributed by atoms with E-state index in [2.05, 4.69) is 42.3 Å². The van der Waals surface area contributed by atoms with Gasteiger partial charge in [-0.05, 0) is 38.1 Å². The van der Waals surface area contributed by atoms with E-state index in [0.717, 1.165) is 56.2 Å². The monoisotopic (exact) mass is 369 g/mol. The average Bonchev–Trinajstić information content (AvgIpc) is 2.71. The smallest absolute Gasteiger partial charge is 0.194 e. The summed E-state index contributed by atoms with van der Waals surface area (Å²) in [7, 11) is 0. The molecule has 0 aliphatic carbocycles. The number of rotatable bonds is 7. The van der Waals surface area contributed by atoms with E-state index in [-0.39, 0.29) is 0 Å². The zero-order valence-corrected chi connectivity index (χ0v) is 16.5. The maximum absolute atomic E-state index is 6.01. The van der Waals surface area contributed by atoms with E-state index in [9.17, 15) is 0 Å². The van der Waals surface area contributed by atoms with Crippen molar-refractivity contribution in [1.29, 1.82) is 0 Å². The lowest BCUT2D eigenvalue weighted by molar-refractivity contribution is 0.0263. The van der Waals surface area contributed by atoms with Crippen LogP contribution in [0.3, 0.4) is 0 Å². The summed E-state index contributed by atoms with van der Waals surface area (Å²) in [6.45, 7) is 9.01. The number of ether oxygens (including phenoxy) is 2. The van der Waals surface area contributed by atoms with Gasteiger partial charge >= 0.3 is 0 Å². The summed E-state index contributed by atoms with van der Waals surface area (Å²) in [5, 5.41) is 5.75. The van der Waals surface area contributed by atoms with Crippen molar-refractivity contribution in [3.05, 3.63) is 42.5 Å². The third-order valence-corrected chi connectivity index (χ3v) is 4.84. The van der Waals surface area contributed by atoms with Crippen LogP contribution >= 0.6 is 0 Å². The number of hydrogen-bond donors (Lipinski definition) is 1. The van der Waals surface area contributed by atoms with E-state index >= 15 is 0 Å². The maximum Gasteiger partial charge on any atom is 0.194 e. The third kappa shape index (κ3) is 5.36. The van der Waals surface area contributed by atoms with Gasteiger partial charge < -0.3 is 19.7 Å². The fourth-order valence-electron chi connectivity index (χ4n) is 3.52. The van der Waals surface area contributed by atoms with Gasteiger partial charge in [-0.2, -0.15) is 0 Å². The molecule has 0 radical (unpaired) electrons. The number of aliphatic imine (C=N–C) groups is 1. The predicted octanol–water partition coefficient (Wildman–Crippen LogP) is 3.69. The van der Waals surface area contributed by atoms with Crippen molar-refractivity contribution in [3.8, 4) is 5.75 Å². The Kier molecular flexibility index (Phi) is 7.34. The Morgan fingerprint density at radius 3 is 2.67 bits per heavy atom. The molecule has 1 aliphatic rings. The maximum atomic E-state index is 6.01. The molecule has 27 heavy (non-hydrogen) atoms. The van der Waals surface area contributed by atoms with Crippen LogP contribution in [0.2, 0.25) is 0 Å². The molecule has 5 heteroatoms. The van der Waals surface area contributed by atoms with Crippen molar-refractivity contribution in [1.82, 2.24) is 10.2 Å². The van der Waals surface area contributed by atoms with Gasteiger partial charge in [0.1, 0.15) is 12.4 Å². The van der Waals surface area contributed by atoms with Crippen molar-refractivity contribution in [2.45, 2.75) is 32.8 Å². The Balaban J connectivity index is 1.54. The first-order valence-electron chi connectivity index (χ1n) is 10.1. The Labute approximate surface area is 162 Å². The third-order valence-electron chi connectivity index (χ3n) is 4.84. The van der Waals surface area contributed by atoms with Crippen LogP contribution in [0.15, 0.2) is 47.5 Å². The second kappa shape index (κ2) is 10.2. The fraction of sp³-hybridized carbons (Fsp3) is 0.500. The molecule has 1 fully saturated rings. The van der Waals surface area contributed by atoms with Crippen LogP contribution in [-0.2, 0) is 4.74 Å². The van der Waals surface area contributed by atoms with Gasteiger partial charge in [-0.15, -0.1) is 0 Å². The van der Waals surface area contributed by atoms with Crippen molar-refractivity contribution < 1.29 is 9.47 Å². The first-order valence-corrected chi connectivity index (χ1v) is 10.1. The Hall–Kier alpha value is -2.27. The van der Waals surface area contributed by atoms with Gasteiger partial charge in [-0.3, -0.25) is 0 Å². The minimum atomic E-state index is 0.392. The predicted molar refractivity (Wildman–Crippen MR) is 112 cm³/mol. The standard InChI is InChI=1S/C22H31N3O2/c1-3-23-22(25-15-12-19(13-16-25)26-4-2)24-14-17-27-21-11-7-9-18-8-5-6-10-20(18)21/h5-11,19H,3-4,12-17H2,1-2H3,(H,23,24). The minimum absolute atomic E-state index is 0.392. The van der Waals surface area contributed by atoms with E-state index in [0.29, 0.717) is 19.3 Å². The van der Waals surface area contributed by atoms with Crippen LogP contribution < -0.4 is 10.1 Å². The highest BCUT2D eigenvalue weighted by atomic mass is 16.5. The summed E-state index contributed by atoms with van der Waals surface area (Å²) < 4.78 is 11.8. The molecule has 1 saturated heterocycles. The van der Waals surface area contributed by atoms with E-state index in [4.69, 9.17) is 14.5 Å². The summed E-state index contributed by atoms with van der Waals surface area (Å²) in [5.74, 6) is 1.90. The van der Waals surface area contributed by atoms with Gasteiger partial charge in [-0.25, -0.2) is 4.99 Å². The first-order chi connectivity index (χ1) is 13.3. The van der Waals surface area contributed by atoms with Crippen LogP contribution in [0.4, 0.5) is 0 Å². The summed E-state index contributed by atoms with van der Waals surface area (Å²) in [6.07, 6.45) is 2.51. The van der Waals surface area contributed by atoms with Crippen molar-refractivity contribution in [2.24, 2.45) is 4.99 Å². The fourth-order valence-corrected chi connectivity index (χ4v) is 3.52. The largest absolute Gasteiger partial charge is 0.491 e. The molecule has 2 aromatic rings. The van der Waals surface area contributed by atoms with Crippen LogP contribution in [-0.4, -0.2) is 56.4 Å². The van der Waals surface area contributed by atoms with Crippen LogP contribution in [0.5, 0.6) is 5.75 Å². The Bertz CT molecular complexity index is 734. The van der Waals surface area contributed by atoms with E-state index in [1.165, 1.54) is 5.39 Å². The average molecular weight is 370 g/mol. The quantitative estimate of drug-likeness (QED) is 0.459. The second-order valence-corrected chi connectivity index (χ2v) is 6.70. The van der Waals surface area contributed by atoms with Gasteiger partial charge in [0.05, 0.1) is 12.6 Å². The number of benzene rings is 2. The van der Waals surface area contributed by atoms with Gasteiger partial charge in [0.15, 0.2) is 5.96 Å². The van der Waals surface area contributed by atoms with E-state index in [1.54, 1.807) is 0 Å². The molecule has 0 saturated carbocycles. The number of nitrogens with one attached hydrogen (secondary N) is 1. The lowest BCUT2D eigenvalue weighted by atomic mass is 10.1. The number of piperidine rings is 1. The number of fused-ring (bicyclic) bond motifs is 1. The topological polar surface area (TPSA) is 46.1 Å². The van der Waals surface area contributed by atoms with Crippen molar-refractivity contribution >= 4 is 16.7 Å². The molecule has 0 atom stereocenters. The van der Waals surface area contributed by atoms with Crippen molar-refractivity contribution in [2.75, 3.05) is 39.4 Å². The SMILES string of the molecule is CCNC(=NCCOc1cccc2ccccc12)N1CCC(OCC)CC1. The summed E-state index contributed by atoms with van der Waals surface area (Å²) in [5.41, 5.74) is 0. The number of hydrogen-bond acceptors (Lipinski definition) is 3. The molecule has 0 bridgehead atoms. The molecule has 3 rings (SSSR count). The minimum Gasteiger partial charge on any atom is -0.491 e. The highest BCUT2D eigenvalue weighted by molar-refractivity contribution is 5.88. The molecular formula is C22H31N3O2. The van der Waals surface area contributed by atoms with Crippen molar-refractivity contribution in [3.63, 3.8) is 0 Å². The molecule has 1 heterocycles. The van der Waals surface area contributed by atoms with Gasteiger partial charge in [0.2, 0.25) is 0 Å². The first kappa shape index (κ1) is 19.5. The molecule has 2 aromatic carbocycles. The normalized spacial score (nSPS) is 15.9. The van der Waals surface area contributed by atoms with E-state index in [1.807, 2.05) is 24.3 Å².